The number of aromatic nitrogens is 1. The zero-order valence-corrected chi connectivity index (χ0v) is 18.6. The van der Waals surface area contributed by atoms with Gasteiger partial charge in [-0.05, 0) is 24.1 Å². The number of nitrogens with zero attached hydrogens (tertiary/aromatic N) is 4. The number of nitrogen functional groups attached to an aromatic ring is 2. The van der Waals surface area contributed by atoms with Gasteiger partial charge in [-0.3, -0.25) is 5.32 Å². The summed E-state index contributed by atoms with van der Waals surface area (Å²) in [5.74, 6) is 1.38. The normalized spacial score (nSPS) is 14.0. The van der Waals surface area contributed by atoms with E-state index in [1.165, 1.54) is 0 Å². The number of hydrogen-bond donors (Lipinski definition) is 4. The summed E-state index contributed by atoms with van der Waals surface area (Å²) in [6, 6.07) is 14.6. The second kappa shape index (κ2) is 9.27. The number of anilines is 3. The molecule has 4 rings (SSSR count). The van der Waals surface area contributed by atoms with Crippen LogP contribution in [0.4, 0.5) is 17.3 Å². The lowest BCUT2D eigenvalue weighted by Gasteiger charge is -2.27. The smallest absolute Gasteiger partial charge is 0.211 e. The van der Waals surface area contributed by atoms with Crippen LogP contribution in [0.15, 0.2) is 47.5 Å². The number of nitrogens with two attached hydrogens (primary N) is 2. The van der Waals surface area contributed by atoms with Crippen LogP contribution < -0.4 is 31.6 Å². The van der Waals surface area contributed by atoms with Crippen LogP contribution in [0, 0.1) is 29.7 Å². The summed E-state index contributed by atoms with van der Waals surface area (Å²) in [7, 11) is 1.55. The van der Waals surface area contributed by atoms with E-state index in [2.05, 4.69) is 20.6 Å². The monoisotopic (exact) mass is 454 g/mol. The van der Waals surface area contributed by atoms with Crippen LogP contribution in [0.1, 0.15) is 33.9 Å². The van der Waals surface area contributed by atoms with Crippen molar-refractivity contribution in [2.45, 2.75) is 19.6 Å². The summed E-state index contributed by atoms with van der Waals surface area (Å²) in [6.07, 6.45) is 1.84. The third kappa shape index (κ3) is 3.96. The molecule has 1 unspecified atom stereocenters. The minimum atomic E-state index is -0.755. The molecule has 6 N–H and O–H groups in total. The lowest BCUT2D eigenvalue weighted by molar-refractivity contribution is 0.280. The largest absolute Gasteiger partial charge is 0.493 e. The van der Waals surface area contributed by atoms with Gasteiger partial charge in [-0.25, -0.2) is 9.98 Å². The van der Waals surface area contributed by atoms with Gasteiger partial charge in [-0.15, -0.1) is 0 Å². The molecule has 0 spiro atoms. The molecule has 1 atom stereocenters. The van der Waals surface area contributed by atoms with Gasteiger partial charge >= 0.3 is 0 Å². The van der Waals surface area contributed by atoms with E-state index in [9.17, 15) is 5.26 Å². The standard InChI is InChI=1S/C24H22N8O2/c1-13-6-3-4-7-14(13)11-34-21-15(8-5-9-17(21)33-2)20-18-19(27)16(10-25)22(28)31-23(18)32-24(30-20)29-12-26/h3-9,20H,11H2,1-2H3,(H6,27,28,29,30,31,32). The quantitative estimate of drug-likeness (QED) is 0.334. The average Bonchev–Trinajstić information content (AvgIpc) is 2.83. The van der Waals surface area contributed by atoms with Crippen molar-refractivity contribution >= 4 is 23.3 Å². The third-order valence-electron chi connectivity index (χ3n) is 5.51. The first kappa shape index (κ1) is 22.2. The first-order valence-corrected chi connectivity index (χ1v) is 10.3. The zero-order valence-electron chi connectivity index (χ0n) is 18.6. The number of nitriles is 2. The van der Waals surface area contributed by atoms with Gasteiger partial charge < -0.3 is 26.3 Å². The molecule has 0 saturated heterocycles. The number of guanidine groups is 1. The molecule has 0 radical (unpaired) electrons. The van der Waals surface area contributed by atoms with Gasteiger partial charge in [0.2, 0.25) is 5.96 Å². The fraction of sp³-hybridized carbons (Fsp3) is 0.167. The predicted molar refractivity (Wildman–Crippen MR) is 128 cm³/mol. The van der Waals surface area contributed by atoms with Crippen molar-refractivity contribution in [3.8, 4) is 23.8 Å². The van der Waals surface area contributed by atoms with E-state index in [1.807, 2.05) is 49.5 Å². The Morgan fingerprint density at radius 1 is 1.15 bits per heavy atom. The van der Waals surface area contributed by atoms with Crippen LogP contribution in [0.2, 0.25) is 0 Å². The number of para-hydroxylation sites is 1. The van der Waals surface area contributed by atoms with Crippen LogP contribution >= 0.6 is 0 Å². The van der Waals surface area contributed by atoms with E-state index in [1.54, 1.807) is 19.2 Å². The van der Waals surface area contributed by atoms with Gasteiger partial charge in [0.1, 0.15) is 35.9 Å². The minimum Gasteiger partial charge on any atom is -0.493 e. The molecule has 2 aromatic carbocycles. The van der Waals surface area contributed by atoms with Gasteiger partial charge in [-0.1, -0.05) is 36.4 Å². The topological polar surface area (TPSA) is 167 Å². The Labute approximate surface area is 196 Å². The van der Waals surface area contributed by atoms with Crippen molar-refractivity contribution < 1.29 is 9.47 Å². The van der Waals surface area contributed by atoms with Crippen molar-refractivity contribution in [1.29, 1.82) is 10.5 Å². The van der Waals surface area contributed by atoms with Crippen molar-refractivity contribution in [1.82, 2.24) is 10.3 Å². The maximum absolute atomic E-state index is 9.56. The van der Waals surface area contributed by atoms with Gasteiger partial charge in [0.15, 0.2) is 17.7 Å². The number of fused-ring (bicyclic) bond motifs is 1. The average molecular weight is 454 g/mol. The molecule has 170 valence electrons. The zero-order chi connectivity index (χ0) is 24.2. The SMILES string of the molecule is COc1cccc(C2N=C(NC#N)Nc3nc(N)c(C#N)c(N)c32)c1OCc1ccccc1C. The molecule has 0 aliphatic carbocycles. The van der Waals surface area contributed by atoms with Crippen LogP contribution in [0.3, 0.4) is 0 Å². The molecule has 3 aromatic rings. The maximum atomic E-state index is 9.56. The highest BCUT2D eigenvalue weighted by atomic mass is 16.5. The third-order valence-corrected chi connectivity index (χ3v) is 5.51. The Hall–Kier alpha value is -4.96. The first-order chi connectivity index (χ1) is 16.5. The van der Waals surface area contributed by atoms with Crippen LogP contribution in [-0.4, -0.2) is 18.1 Å². The molecule has 0 amide bonds. The van der Waals surface area contributed by atoms with E-state index in [-0.39, 0.29) is 23.0 Å². The molecule has 1 aliphatic heterocycles. The number of aliphatic imine (C=N–C) groups is 1. The maximum Gasteiger partial charge on any atom is 0.211 e. The number of nitrogens with one attached hydrogen (secondary N) is 2. The van der Waals surface area contributed by atoms with Crippen LogP contribution in [-0.2, 0) is 6.61 Å². The van der Waals surface area contributed by atoms with Crippen molar-refractivity contribution in [3.05, 3.63) is 70.3 Å². The molecule has 10 nitrogen and oxygen atoms in total. The minimum absolute atomic E-state index is 0.0233. The number of hydrogen-bond acceptors (Lipinski definition) is 10. The molecule has 1 aromatic heterocycles. The van der Waals surface area contributed by atoms with E-state index in [0.29, 0.717) is 35.1 Å². The number of rotatable bonds is 5. The molecule has 0 bridgehead atoms. The van der Waals surface area contributed by atoms with E-state index < -0.39 is 6.04 Å². The predicted octanol–water partition coefficient (Wildman–Crippen LogP) is 2.96. The van der Waals surface area contributed by atoms with Gasteiger partial charge in [0.05, 0.1) is 12.8 Å². The van der Waals surface area contributed by atoms with Gasteiger partial charge in [0.25, 0.3) is 0 Å². The number of ether oxygens (including phenoxy) is 2. The summed E-state index contributed by atoms with van der Waals surface area (Å²) >= 11 is 0. The number of methoxy groups -OCH3 is 1. The molecule has 2 heterocycles. The van der Waals surface area contributed by atoms with Crippen LogP contribution in [0.25, 0.3) is 0 Å². The molecule has 34 heavy (non-hydrogen) atoms. The summed E-state index contributed by atoms with van der Waals surface area (Å²) in [6.45, 7) is 2.30. The van der Waals surface area contributed by atoms with E-state index in [4.69, 9.17) is 26.2 Å². The van der Waals surface area contributed by atoms with Gasteiger partial charge in [0, 0.05) is 11.1 Å². The summed E-state index contributed by atoms with van der Waals surface area (Å²) < 4.78 is 11.8. The fourth-order valence-corrected chi connectivity index (χ4v) is 3.79. The number of aryl methyl sites for hydroxylation is 1. The summed E-state index contributed by atoms with van der Waals surface area (Å²) in [5, 5.41) is 24.1. The van der Waals surface area contributed by atoms with Crippen molar-refractivity contribution in [3.63, 3.8) is 0 Å². The Morgan fingerprint density at radius 2 is 1.94 bits per heavy atom. The van der Waals surface area contributed by atoms with E-state index in [0.717, 1.165) is 11.1 Å². The second-order valence-corrected chi connectivity index (χ2v) is 7.50. The molecular formula is C24H22N8O2. The van der Waals surface area contributed by atoms with Crippen molar-refractivity contribution in [2.24, 2.45) is 4.99 Å². The number of pyridine rings is 1. The Bertz CT molecular complexity index is 1370. The van der Waals surface area contributed by atoms with Crippen molar-refractivity contribution in [2.75, 3.05) is 23.9 Å². The highest BCUT2D eigenvalue weighted by molar-refractivity contribution is 5.98. The second-order valence-electron chi connectivity index (χ2n) is 7.50. The lowest BCUT2D eigenvalue weighted by atomic mass is 9.94. The Balaban J connectivity index is 1.88. The number of benzene rings is 2. The summed E-state index contributed by atoms with van der Waals surface area (Å²) in [5.41, 5.74) is 15.7. The highest BCUT2D eigenvalue weighted by Gasteiger charge is 2.32. The summed E-state index contributed by atoms with van der Waals surface area (Å²) in [4.78, 5) is 8.92. The molecule has 1 aliphatic rings. The van der Waals surface area contributed by atoms with Gasteiger partial charge in [-0.2, -0.15) is 10.5 Å². The fourth-order valence-electron chi connectivity index (χ4n) is 3.79. The highest BCUT2D eigenvalue weighted by Crippen LogP contribution is 2.45. The molecule has 0 saturated carbocycles. The molecular weight excluding hydrogens is 432 g/mol. The lowest BCUT2D eigenvalue weighted by Crippen LogP contribution is -2.33. The Morgan fingerprint density at radius 3 is 2.65 bits per heavy atom. The van der Waals surface area contributed by atoms with E-state index >= 15 is 0 Å². The Kier molecular flexibility index (Phi) is 6.06. The first-order valence-electron chi connectivity index (χ1n) is 10.3. The molecule has 0 fully saturated rings. The van der Waals surface area contributed by atoms with Crippen LogP contribution in [0.5, 0.6) is 11.5 Å². The molecule has 10 heteroatoms.